The number of aliphatic carboxylic acids is 1. The molecule has 1 amide bonds. The number of carbonyl (C=O) groups excluding carboxylic acids is 1. The van der Waals surface area contributed by atoms with Gasteiger partial charge in [0, 0.05) is 6.54 Å². The number of carboxylic acid groups (broad SMARTS) is 1. The summed E-state index contributed by atoms with van der Waals surface area (Å²) in [5, 5.41) is 9.85. The maximum Gasteiger partial charge on any atom is 0.329 e. The maximum atomic E-state index is 12.0. The summed E-state index contributed by atoms with van der Waals surface area (Å²) in [7, 11) is 0. The molecule has 4 heteroatoms. The molecule has 0 aromatic heterocycles. The lowest BCUT2D eigenvalue weighted by Gasteiger charge is -2.51. The van der Waals surface area contributed by atoms with E-state index in [2.05, 4.69) is 20.8 Å². The van der Waals surface area contributed by atoms with E-state index in [1.807, 2.05) is 6.92 Å². The molecule has 1 saturated carbocycles. The van der Waals surface area contributed by atoms with Gasteiger partial charge in [0.2, 0.25) is 6.41 Å². The fraction of sp³-hybridized carbons (Fsp3) is 0.867. The summed E-state index contributed by atoms with van der Waals surface area (Å²) in [6.45, 7) is 8.73. The zero-order valence-corrected chi connectivity index (χ0v) is 12.6. The monoisotopic (exact) mass is 269 g/mol. The van der Waals surface area contributed by atoms with Crippen LogP contribution in [0.25, 0.3) is 0 Å². The van der Waals surface area contributed by atoms with Crippen LogP contribution in [0.15, 0.2) is 0 Å². The number of carbonyl (C=O) groups is 2. The number of carboxylic acids is 1. The van der Waals surface area contributed by atoms with E-state index in [1.165, 1.54) is 0 Å². The Kier molecular flexibility index (Phi) is 4.99. The van der Waals surface area contributed by atoms with Crippen LogP contribution >= 0.6 is 0 Å². The van der Waals surface area contributed by atoms with Crippen molar-refractivity contribution in [2.24, 2.45) is 11.3 Å². The van der Waals surface area contributed by atoms with Crippen molar-refractivity contribution >= 4 is 12.4 Å². The maximum absolute atomic E-state index is 12.0. The molecule has 0 aliphatic heterocycles. The highest BCUT2D eigenvalue weighted by Crippen LogP contribution is 2.47. The van der Waals surface area contributed by atoms with Gasteiger partial charge in [-0.15, -0.1) is 0 Å². The topological polar surface area (TPSA) is 57.6 Å². The van der Waals surface area contributed by atoms with Gasteiger partial charge in [-0.25, -0.2) is 4.79 Å². The molecule has 19 heavy (non-hydrogen) atoms. The van der Waals surface area contributed by atoms with Gasteiger partial charge in [-0.2, -0.15) is 0 Å². The van der Waals surface area contributed by atoms with Gasteiger partial charge in [0.15, 0.2) is 0 Å². The first-order valence-corrected chi connectivity index (χ1v) is 7.26. The van der Waals surface area contributed by atoms with E-state index in [0.29, 0.717) is 13.0 Å². The van der Waals surface area contributed by atoms with Crippen LogP contribution in [0.1, 0.15) is 59.8 Å². The van der Waals surface area contributed by atoms with Gasteiger partial charge in [0.05, 0.1) is 0 Å². The van der Waals surface area contributed by atoms with Gasteiger partial charge in [0.1, 0.15) is 5.54 Å². The van der Waals surface area contributed by atoms with Crippen molar-refractivity contribution in [2.45, 2.75) is 65.3 Å². The summed E-state index contributed by atoms with van der Waals surface area (Å²) < 4.78 is 0. The predicted molar refractivity (Wildman–Crippen MR) is 74.8 cm³/mol. The van der Waals surface area contributed by atoms with Gasteiger partial charge in [-0.05, 0) is 30.6 Å². The summed E-state index contributed by atoms with van der Waals surface area (Å²) in [6.07, 6.45) is 4.90. The molecule has 0 saturated heterocycles. The number of hydrogen-bond donors (Lipinski definition) is 1. The molecule has 0 heterocycles. The van der Waals surface area contributed by atoms with E-state index in [0.717, 1.165) is 32.1 Å². The van der Waals surface area contributed by atoms with Crippen LogP contribution in [-0.4, -0.2) is 34.5 Å². The zero-order chi connectivity index (χ0) is 14.7. The Morgan fingerprint density at radius 2 is 2.05 bits per heavy atom. The molecule has 1 N–H and O–H groups in total. The molecule has 2 unspecified atom stereocenters. The Labute approximate surface area is 116 Å². The summed E-state index contributed by atoms with van der Waals surface area (Å²) in [5.74, 6) is -0.837. The lowest BCUT2D eigenvalue weighted by atomic mass is 9.61. The minimum atomic E-state index is -1.02. The minimum absolute atomic E-state index is 0.00278. The molecule has 0 aromatic carbocycles. The van der Waals surface area contributed by atoms with Crippen molar-refractivity contribution in [2.75, 3.05) is 6.54 Å². The highest BCUT2D eigenvalue weighted by atomic mass is 16.4. The SMILES string of the molecule is CCCN(C=O)C1(C(=O)O)CCCCC1C(C)(C)C. The second-order valence-electron chi connectivity index (χ2n) is 6.69. The van der Waals surface area contributed by atoms with Crippen LogP contribution in [0.3, 0.4) is 0 Å². The second-order valence-corrected chi connectivity index (χ2v) is 6.69. The van der Waals surface area contributed by atoms with Crippen LogP contribution in [-0.2, 0) is 9.59 Å². The molecule has 1 aliphatic carbocycles. The van der Waals surface area contributed by atoms with Gasteiger partial charge in [-0.1, -0.05) is 40.5 Å². The first-order valence-electron chi connectivity index (χ1n) is 7.26. The van der Waals surface area contributed by atoms with Crippen molar-refractivity contribution in [1.29, 1.82) is 0 Å². The predicted octanol–water partition coefficient (Wildman–Crippen LogP) is 2.91. The molecule has 1 aliphatic rings. The smallest absolute Gasteiger partial charge is 0.329 e. The third kappa shape index (κ3) is 2.93. The fourth-order valence-electron chi connectivity index (χ4n) is 3.62. The van der Waals surface area contributed by atoms with Crippen molar-refractivity contribution in [3.05, 3.63) is 0 Å². The standard InChI is InChI=1S/C15H27NO3/c1-5-10-16(11-17)15(13(18)19)9-7-6-8-12(15)14(2,3)4/h11-12H,5-10H2,1-4H3,(H,18,19). The van der Waals surface area contributed by atoms with Crippen LogP contribution < -0.4 is 0 Å². The number of amides is 1. The van der Waals surface area contributed by atoms with Crippen molar-refractivity contribution in [1.82, 2.24) is 4.90 Å². The Hall–Kier alpha value is -1.06. The molecule has 0 spiro atoms. The van der Waals surface area contributed by atoms with E-state index in [-0.39, 0.29) is 11.3 Å². The summed E-state index contributed by atoms with van der Waals surface area (Å²) >= 11 is 0. The van der Waals surface area contributed by atoms with Gasteiger partial charge in [-0.3, -0.25) is 4.79 Å². The first kappa shape index (κ1) is 16.0. The Morgan fingerprint density at radius 3 is 2.47 bits per heavy atom. The Bertz CT molecular complexity index is 335. The number of nitrogens with zero attached hydrogens (tertiary/aromatic N) is 1. The summed E-state index contributed by atoms with van der Waals surface area (Å²) in [6, 6.07) is 0. The van der Waals surface area contributed by atoms with E-state index in [4.69, 9.17) is 0 Å². The highest BCUT2D eigenvalue weighted by molar-refractivity contribution is 5.82. The molecule has 110 valence electrons. The molecule has 1 fully saturated rings. The van der Waals surface area contributed by atoms with Crippen LogP contribution in [0.2, 0.25) is 0 Å². The number of rotatable bonds is 5. The lowest BCUT2D eigenvalue weighted by Crippen LogP contribution is -2.63. The van der Waals surface area contributed by atoms with Crippen molar-refractivity contribution in [3.63, 3.8) is 0 Å². The van der Waals surface area contributed by atoms with Gasteiger partial charge < -0.3 is 10.0 Å². The summed E-state index contributed by atoms with van der Waals surface area (Å²) in [5.41, 5.74) is -1.14. The molecule has 0 aromatic rings. The Morgan fingerprint density at radius 1 is 1.42 bits per heavy atom. The average Bonchev–Trinajstić information content (AvgIpc) is 2.34. The van der Waals surface area contributed by atoms with E-state index < -0.39 is 11.5 Å². The number of hydrogen-bond acceptors (Lipinski definition) is 2. The molecular weight excluding hydrogens is 242 g/mol. The molecule has 0 bridgehead atoms. The normalized spacial score (nSPS) is 27.9. The first-order chi connectivity index (χ1) is 8.80. The van der Waals surface area contributed by atoms with Crippen LogP contribution in [0.5, 0.6) is 0 Å². The van der Waals surface area contributed by atoms with E-state index >= 15 is 0 Å². The highest BCUT2D eigenvalue weighted by Gasteiger charge is 2.54. The third-order valence-electron chi connectivity index (χ3n) is 4.40. The van der Waals surface area contributed by atoms with E-state index in [1.54, 1.807) is 4.90 Å². The van der Waals surface area contributed by atoms with Gasteiger partial charge in [0.25, 0.3) is 0 Å². The van der Waals surface area contributed by atoms with Crippen molar-refractivity contribution < 1.29 is 14.7 Å². The lowest BCUT2D eigenvalue weighted by molar-refractivity contribution is -0.167. The Balaban J connectivity index is 3.26. The minimum Gasteiger partial charge on any atom is -0.479 e. The van der Waals surface area contributed by atoms with Gasteiger partial charge >= 0.3 is 5.97 Å². The zero-order valence-electron chi connectivity index (χ0n) is 12.6. The largest absolute Gasteiger partial charge is 0.479 e. The third-order valence-corrected chi connectivity index (χ3v) is 4.40. The van der Waals surface area contributed by atoms with Crippen molar-refractivity contribution in [3.8, 4) is 0 Å². The molecule has 1 rings (SSSR count). The molecule has 2 atom stereocenters. The average molecular weight is 269 g/mol. The van der Waals surface area contributed by atoms with Crippen LogP contribution in [0.4, 0.5) is 0 Å². The van der Waals surface area contributed by atoms with Crippen LogP contribution in [0, 0.1) is 11.3 Å². The molecule has 0 radical (unpaired) electrons. The second kappa shape index (κ2) is 5.93. The van der Waals surface area contributed by atoms with E-state index in [9.17, 15) is 14.7 Å². The summed E-state index contributed by atoms with van der Waals surface area (Å²) in [4.78, 5) is 25.0. The molecule has 4 nitrogen and oxygen atoms in total. The quantitative estimate of drug-likeness (QED) is 0.781. The fourth-order valence-corrected chi connectivity index (χ4v) is 3.62. The molecular formula is C15H27NO3.